The molecule has 2 atom stereocenters. The van der Waals surface area contributed by atoms with Crippen LogP contribution in [0, 0.1) is 5.92 Å². The highest BCUT2D eigenvalue weighted by Crippen LogP contribution is 2.20. The van der Waals surface area contributed by atoms with Gasteiger partial charge in [0.2, 0.25) is 0 Å². The molecule has 0 aromatic rings. The Hall–Kier alpha value is 0.310. The first-order valence-corrected chi connectivity index (χ1v) is 7.17. The summed E-state index contributed by atoms with van der Waals surface area (Å²) in [6, 6.07) is 0. The minimum Gasteiger partial charge on any atom is -0.372 e. The predicted molar refractivity (Wildman–Crippen MR) is 65.0 cm³/mol. The largest absolute Gasteiger partial charge is 0.372 e. The van der Waals surface area contributed by atoms with Gasteiger partial charge in [-0.1, -0.05) is 39.5 Å². The Labute approximate surface area is 93.0 Å². The maximum atomic E-state index is 5.18. The van der Waals surface area contributed by atoms with Gasteiger partial charge in [0, 0.05) is 5.75 Å². The molecule has 1 aliphatic rings. The number of unbranched alkanes of at least 4 members (excludes halogenated alkanes) is 3. The van der Waals surface area contributed by atoms with Gasteiger partial charge in [-0.25, -0.2) is 0 Å². The quantitative estimate of drug-likeness (QED) is 0.430. The van der Waals surface area contributed by atoms with Crippen molar-refractivity contribution in [1.29, 1.82) is 0 Å². The van der Waals surface area contributed by atoms with E-state index in [0.29, 0.717) is 6.10 Å². The molecule has 0 N–H and O–H groups in total. The zero-order valence-electron chi connectivity index (χ0n) is 9.63. The fourth-order valence-electron chi connectivity index (χ4n) is 1.57. The first-order valence-electron chi connectivity index (χ1n) is 6.02. The van der Waals surface area contributed by atoms with E-state index < -0.39 is 0 Å². The summed E-state index contributed by atoms with van der Waals surface area (Å²) in [4.78, 5) is 0. The van der Waals surface area contributed by atoms with Crippen LogP contribution in [0.25, 0.3) is 0 Å². The van der Waals surface area contributed by atoms with Crippen LogP contribution in [-0.4, -0.2) is 24.2 Å². The van der Waals surface area contributed by atoms with Crippen LogP contribution in [0.4, 0.5) is 0 Å². The van der Waals surface area contributed by atoms with E-state index in [9.17, 15) is 0 Å². The van der Waals surface area contributed by atoms with Gasteiger partial charge >= 0.3 is 0 Å². The third-order valence-corrected chi connectivity index (χ3v) is 4.07. The van der Waals surface area contributed by atoms with Crippen molar-refractivity contribution in [2.45, 2.75) is 52.1 Å². The highest BCUT2D eigenvalue weighted by molar-refractivity contribution is 7.99. The number of ether oxygens (including phenoxy) is 1. The van der Waals surface area contributed by atoms with Crippen molar-refractivity contribution in [1.82, 2.24) is 0 Å². The van der Waals surface area contributed by atoms with Gasteiger partial charge in [-0.2, -0.15) is 11.8 Å². The molecule has 1 heterocycles. The molecule has 0 aromatic carbocycles. The Balaban J connectivity index is 1.79. The molecule has 1 fully saturated rings. The summed E-state index contributed by atoms with van der Waals surface area (Å²) in [6.45, 7) is 5.67. The molecule has 0 bridgehead atoms. The molecule has 1 aliphatic heterocycles. The van der Waals surface area contributed by atoms with Crippen molar-refractivity contribution < 1.29 is 4.74 Å². The molecule has 2 unspecified atom stereocenters. The molecule has 0 saturated carbocycles. The second-order valence-corrected chi connectivity index (χ2v) is 5.52. The highest BCUT2D eigenvalue weighted by atomic mass is 32.2. The lowest BCUT2D eigenvalue weighted by molar-refractivity contribution is 0.426. The Morgan fingerprint density at radius 3 is 2.79 bits per heavy atom. The summed E-state index contributed by atoms with van der Waals surface area (Å²) in [5.74, 6) is 3.45. The highest BCUT2D eigenvalue weighted by Gasteiger charge is 2.21. The standard InChI is InChI=1S/C12H24OS/c1-3-4-5-6-7-11(2)9-14-10-12-8-13-12/h11-12H,3-10H2,1-2H3. The Kier molecular flexibility index (Phi) is 6.70. The molecule has 2 heteroatoms. The zero-order chi connectivity index (χ0) is 10.2. The molecular weight excluding hydrogens is 192 g/mol. The van der Waals surface area contributed by atoms with Crippen LogP contribution < -0.4 is 0 Å². The lowest BCUT2D eigenvalue weighted by Crippen LogP contribution is -2.01. The third kappa shape index (κ3) is 6.72. The molecule has 1 nitrogen and oxygen atoms in total. The summed E-state index contributed by atoms with van der Waals surface area (Å²) >= 11 is 2.07. The van der Waals surface area contributed by atoms with Crippen molar-refractivity contribution in [2.75, 3.05) is 18.1 Å². The van der Waals surface area contributed by atoms with E-state index in [4.69, 9.17) is 4.74 Å². The average Bonchev–Trinajstić information content (AvgIpc) is 2.96. The number of hydrogen-bond donors (Lipinski definition) is 0. The van der Waals surface area contributed by atoms with Gasteiger partial charge in [-0.3, -0.25) is 0 Å². The number of hydrogen-bond acceptors (Lipinski definition) is 2. The normalized spacial score (nSPS) is 22.3. The minimum absolute atomic E-state index is 0.604. The average molecular weight is 216 g/mol. The smallest absolute Gasteiger partial charge is 0.0900 e. The Morgan fingerprint density at radius 2 is 2.14 bits per heavy atom. The maximum absolute atomic E-state index is 5.18. The molecule has 1 rings (SSSR count). The lowest BCUT2D eigenvalue weighted by atomic mass is 10.0. The van der Waals surface area contributed by atoms with Crippen molar-refractivity contribution in [3.8, 4) is 0 Å². The van der Waals surface area contributed by atoms with Gasteiger partial charge in [0.25, 0.3) is 0 Å². The number of rotatable bonds is 9. The van der Waals surface area contributed by atoms with Gasteiger partial charge in [0.15, 0.2) is 0 Å². The summed E-state index contributed by atoms with van der Waals surface area (Å²) in [5.41, 5.74) is 0. The predicted octanol–water partition coefficient (Wildman–Crippen LogP) is 3.72. The van der Waals surface area contributed by atoms with Crippen molar-refractivity contribution in [2.24, 2.45) is 5.92 Å². The van der Waals surface area contributed by atoms with Gasteiger partial charge in [0.05, 0.1) is 12.7 Å². The third-order valence-electron chi connectivity index (χ3n) is 2.66. The van der Waals surface area contributed by atoms with Gasteiger partial charge < -0.3 is 4.74 Å². The van der Waals surface area contributed by atoms with E-state index in [1.165, 1.54) is 43.6 Å². The van der Waals surface area contributed by atoms with Crippen LogP contribution in [0.2, 0.25) is 0 Å². The van der Waals surface area contributed by atoms with Crippen molar-refractivity contribution in [3.05, 3.63) is 0 Å². The molecule has 1 saturated heterocycles. The van der Waals surface area contributed by atoms with Gasteiger partial charge in [-0.05, 0) is 18.1 Å². The van der Waals surface area contributed by atoms with Crippen LogP contribution in [0.1, 0.15) is 46.0 Å². The second-order valence-electron chi connectivity index (χ2n) is 4.45. The minimum atomic E-state index is 0.604. The van der Waals surface area contributed by atoms with E-state index in [1.54, 1.807) is 0 Å². The SMILES string of the molecule is CCCCCCC(C)CSCC1CO1. The van der Waals surface area contributed by atoms with Crippen LogP contribution in [0.15, 0.2) is 0 Å². The van der Waals surface area contributed by atoms with E-state index in [1.807, 2.05) is 0 Å². The van der Waals surface area contributed by atoms with Crippen molar-refractivity contribution in [3.63, 3.8) is 0 Å². The first kappa shape index (κ1) is 12.4. The Bertz CT molecular complexity index is 134. The van der Waals surface area contributed by atoms with Crippen LogP contribution in [-0.2, 0) is 4.74 Å². The summed E-state index contributed by atoms with van der Waals surface area (Å²) in [5, 5.41) is 0. The topological polar surface area (TPSA) is 12.5 Å². The molecule has 0 spiro atoms. The summed E-state index contributed by atoms with van der Waals surface area (Å²) in [6.07, 6.45) is 7.63. The molecular formula is C12H24OS. The van der Waals surface area contributed by atoms with E-state index in [-0.39, 0.29) is 0 Å². The van der Waals surface area contributed by atoms with Gasteiger partial charge in [-0.15, -0.1) is 0 Å². The first-order chi connectivity index (χ1) is 6.83. The fraction of sp³-hybridized carbons (Fsp3) is 1.00. The second kappa shape index (κ2) is 7.58. The van der Waals surface area contributed by atoms with E-state index >= 15 is 0 Å². The molecule has 84 valence electrons. The van der Waals surface area contributed by atoms with Crippen LogP contribution in [0.3, 0.4) is 0 Å². The summed E-state index contributed by atoms with van der Waals surface area (Å²) in [7, 11) is 0. The van der Waals surface area contributed by atoms with Gasteiger partial charge in [0.1, 0.15) is 0 Å². The molecule has 14 heavy (non-hydrogen) atoms. The van der Waals surface area contributed by atoms with E-state index in [2.05, 4.69) is 25.6 Å². The Morgan fingerprint density at radius 1 is 1.36 bits per heavy atom. The lowest BCUT2D eigenvalue weighted by Gasteiger charge is -2.09. The monoisotopic (exact) mass is 216 g/mol. The summed E-state index contributed by atoms with van der Waals surface area (Å²) < 4.78 is 5.18. The van der Waals surface area contributed by atoms with Crippen molar-refractivity contribution >= 4 is 11.8 Å². The molecule has 0 amide bonds. The number of epoxide rings is 1. The zero-order valence-corrected chi connectivity index (χ0v) is 10.4. The molecule has 0 radical (unpaired) electrons. The fourth-order valence-corrected chi connectivity index (χ4v) is 2.73. The van der Waals surface area contributed by atoms with Crippen LogP contribution >= 0.6 is 11.8 Å². The van der Waals surface area contributed by atoms with E-state index in [0.717, 1.165) is 12.5 Å². The maximum Gasteiger partial charge on any atom is 0.0900 e. The van der Waals surface area contributed by atoms with Crippen LogP contribution in [0.5, 0.6) is 0 Å². The number of thioether (sulfide) groups is 1. The molecule has 0 aromatic heterocycles. The molecule has 0 aliphatic carbocycles.